The molecule has 3 nitrogen and oxygen atoms in total. The van der Waals surface area contributed by atoms with Crippen molar-refractivity contribution in [3.63, 3.8) is 0 Å². The lowest BCUT2D eigenvalue weighted by Gasteiger charge is -2.10. The van der Waals surface area contributed by atoms with Gasteiger partial charge in [0.15, 0.2) is 0 Å². The van der Waals surface area contributed by atoms with Crippen LogP contribution in [0.25, 0.3) is 28.0 Å². The summed E-state index contributed by atoms with van der Waals surface area (Å²) in [4.78, 5) is 12.8. The lowest BCUT2D eigenvalue weighted by Crippen LogP contribution is -1.96. The number of benzene rings is 2. The molecule has 34 heavy (non-hydrogen) atoms. The van der Waals surface area contributed by atoms with E-state index in [2.05, 4.69) is 78.6 Å². The van der Waals surface area contributed by atoms with Gasteiger partial charge in [-0.15, -0.1) is 0 Å². The summed E-state index contributed by atoms with van der Waals surface area (Å²) in [5, 5.41) is 0. The van der Waals surface area contributed by atoms with E-state index in [1.807, 2.05) is 6.20 Å². The van der Waals surface area contributed by atoms with Gasteiger partial charge in [-0.1, -0.05) is 50.3 Å². The maximum Gasteiger partial charge on any atom is 0.110 e. The number of allylic oxidation sites excluding steroid dienone is 5. The first kappa shape index (κ1) is 21.1. The Bertz CT molecular complexity index is 1350. The molecule has 0 amide bonds. The van der Waals surface area contributed by atoms with Gasteiger partial charge >= 0.3 is 0 Å². The van der Waals surface area contributed by atoms with Gasteiger partial charge in [-0.2, -0.15) is 0 Å². The minimum Gasteiger partial charge on any atom is -0.342 e. The summed E-state index contributed by atoms with van der Waals surface area (Å²) in [5.41, 5.74) is 15.3. The molecule has 6 rings (SSSR count). The fraction of sp³-hybridized carbons (Fsp3) is 0.290. The highest BCUT2D eigenvalue weighted by atomic mass is 14.9. The number of nitrogens with one attached hydrogen (secondary N) is 1. The number of hydrogen-bond donors (Lipinski definition) is 1. The molecular formula is C31H31N3. The molecule has 0 radical (unpaired) electrons. The zero-order valence-corrected chi connectivity index (χ0v) is 20.1. The van der Waals surface area contributed by atoms with E-state index in [9.17, 15) is 0 Å². The van der Waals surface area contributed by atoms with Gasteiger partial charge in [0.2, 0.25) is 0 Å². The molecule has 0 fully saturated rings. The third-order valence-corrected chi connectivity index (χ3v) is 7.19. The maximum atomic E-state index is 4.71. The predicted molar refractivity (Wildman–Crippen MR) is 142 cm³/mol. The van der Waals surface area contributed by atoms with Crippen LogP contribution in [0.3, 0.4) is 0 Å². The molecule has 1 aromatic heterocycles. The second-order valence-corrected chi connectivity index (χ2v) is 9.63. The molecular weight excluding hydrogens is 414 g/mol. The van der Waals surface area contributed by atoms with Crippen LogP contribution in [0.5, 0.6) is 0 Å². The topological polar surface area (TPSA) is 41.0 Å². The minimum atomic E-state index is 0.859. The van der Waals surface area contributed by atoms with Crippen molar-refractivity contribution in [1.29, 1.82) is 0 Å². The van der Waals surface area contributed by atoms with Crippen LogP contribution in [0.2, 0.25) is 0 Å². The van der Waals surface area contributed by atoms with Crippen molar-refractivity contribution < 1.29 is 0 Å². The lowest BCUT2D eigenvalue weighted by molar-refractivity contribution is 1.05. The summed E-state index contributed by atoms with van der Waals surface area (Å²) < 4.78 is 0. The Labute approximate surface area is 202 Å². The van der Waals surface area contributed by atoms with Crippen molar-refractivity contribution >= 4 is 11.3 Å². The molecule has 3 aliphatic rings. The van der Waals surface area contributed by atoms with Crippen LogP contribution >= 0.6 is 0 Å². The number of imidazole rings is 1. The molecule has 2 aromatic carbocycles. The molecule has 2 aliphatic carbocycles. The summed E-state index contributed by atoms with van der Waals surface area (Å²) >= 11 is 0. The van der Waals surface area contributed by atoms with Crippen LogP contribution in [0.4, 0.5) is 0 Å². The monoisotopic (exact) mass is 445 g/mol. The van der Waals surface area contributed by atoms with Crippen LogP contribution < -0.4 is 0 Å². The smallest absolute Gasteiger partial charge is 0.110 e. The first-order chi connectivity index (χ1) is 16.7. The van der Waals surface area contributed by atoms with Gasteiger partial charge in [0.1, 0.15) is 5.82 Å². The summed E-state index contributed by atoms with van der Waals surface area (Å²) in [6.07, 6.45) is 19.9. The zero-order valence-electron chi connectivity index (χ0n) is 20.1. The molecule has 3 aromatic rings. The van der Waals surface area contributed by atoms with Gasteiger partial charge in [-0.05, 0) is 82.3 Å². The highest BCUT2D eigenvalue weighted by molar-refractivity contribution is 6.00. The molecule has 1 N–H and O–H groups in total. The van der Waals surface area contributed by atoms with E-state index >= 15 is 0 Å². The van der Waals surface area contributed by atoms with Gasteiger partial charge in [0, 0.05) is 36.7 Å². The molecule has 0 saturated carbocycles. The number of H-pyrrole nitrogens is 1. The molecule has 0 atom stereocenters. The molecule has 0 unspecified atom stereocenters. The number of rotatable bonds is 8. The third-order valence-electron chi connectivity index (χ3n) is 7.19. The first-order valence-corrected chi connectivity index (χ1v) is 12.6. The van der Waals surface area contributed by atoms with Crippen molar-refractivity contribution in [3.8, 4) is 22.4 Å². The van der Waals surface area contributed by atoms with E-state index in [0.717, 1.165) is 56.5 Å². The van der Waals surface area contributed by atoms with Crippen LogP contribution in [-0.4, -0.2) is 15.7 Å². The average Bonchev–Trinajstić information content (AvgIpc) is 3.62. The quantitative estimate of drug-likeness (QED) is 0.245. The largest absolute Gasteiger partial charge is 0.342 e. The van der Waals surface area contributed by atoms with Crippen LogP contribution in [0.15, 0.2) is 66.0 Å². The number of aromatic amines is 1. The molecule has 170 valence electrons. The second kappa shape index (κ2) is 8.72. The number of aliphatic imine (C=N–C) groups is 1. The van der Waals surface area contributed by atoms with E-state index in [4.69, 9.17) is 4.99 Å². The Hall–Kier alpha value is -3.46. The van der Waals surface area contributed by atoms with Gasteiger partial charge in [0.05, 0.1) is 11.9 Å². The fourth-order valence-electron chi connectivity index (χ4n) is 5.63. The Morgan fingerprint density at radius 1 is 0.765 bits per heavy atom. The van der Waals surface area contributed by atoms with E-state index in [1.165, 1.54) is 55.8 Å². The first-order valence-electron chi connectivity index (χ1n) is 12.6. The van der Waals surface area contributed by atoms with Crippen LogP contribution in [0.1, 0.15) is 73.2 Å². The Kier molecular flexibility index (Phi) is 5.41. The van der Waals surface area contributed by atoms with E-state index in [0.29, 0.717) is 0 Å². The molecule has 0 bridgehead atoms. The van der Waals surface area contributed by atoms with Crippen LogP contribution in [0, 0.1) is 0 Å². The van der Waals surface area contributed by atoms with Crippen molar-refractivity contribution in [2.45, 2.75) is 58.8 Å². The summed E-state index contributed by atoms with van der Waals surface area (Å²) in [6.45, 7) is 4.33. The molecule has 0 spiro atoms. The Morgan fingerprint density at radius 3 is 2.03 bits per heavy atom. The van der Waals surface area contributed by atoms with Gasteiger partial charge in [-0.3, -0.25) is 4.99 Å². The summed E-state index contributed by atoms with van der Waals surface area (Å²) in [7, 11) is 0. The zero-order chi connectivity index (χ0) is 23.1. The number of nitrogens with zero attached hydrogens (tertiary/aromatic N) is 2. The second-order valence-electron chi connectivity index (χ2n) is 9.63. The van der Waals surface area contributed by atoms with Crippen LogP contribution in [-0.2, 0) is 19.3 Å². The standard InChI is InChI=1S/C31H31N3/c1-3-5-7-9-27-17-26(18-32-27)20-11-22-15-24-13-21(14-25-16-23(12-20)30(22)31(24)25)28-19-33-29(34-28)10-8-6-4-2/h5-8,11-14,18-19H,3-4,9-10,15-17H2,1-2H3,(H,33,34). The van der Waals surface area contributed by atoms with E-state index in [1.54, 1.807) is 0 Å². The molecule has 0 saturated heterocycles. The van der Waals surface area contributed by atoms with Gasteiger partial charge in [0.25, 0.3) is 0 Å². The normalized spacial score (nSPS) is 15.6. The average molecular weight is 446 g/mol. The van der Waals surface area contributed by atoms with Gasteiger partial charge < -0.3 is 4.98 Å². The number of aromatic nitrogens is 2. The van der Waals surface area contributed by atoms with Crippen molar-refractivity contribution in [1.82, 2.24) is 9.97 Å². The molecule has 3 heteroatoms. The van der Waals surface area contributed by atoms with Crippen molar-refractivity contribution in [2.24, 2.45) is 4.99 Å². The summed E-state index contributed by atoms with van der Waals surface area (Å²) in [5.74, 6) is 1.03. The molecule has 2 heterocycles. The van der Waals surface area contributed by atoms with E-state index in [-0.39, 0.29) is 0 Å². The van der Waals surface area contributed by atoms with Crippen molar-refractivity contribution in [3.05, 3.63) is 94.6 Å². The third kappa shape index (κ3) is 3.69. The number of hydrogen-bond acceptors (Lipinski definition) is 2. The highest BCUT2D eigenvalue weighted by Crippen LogP contribution is 2.49. The SMILES string of the molecule is CCC=CCC1=NC=C(c2cc3c4c(c2)Cc2cc(-c5cnc(CC=CCC)[nH]5)cc(c2-4)C3)C1. The Morgan fingerprint density at radius 2 is 1.38 bits per heavy atom. The lowest BCUT2D eigenvalue weighted by atomic mass is 9.94. The minimum absolute atomic E-state index is 0.859. The highest BCUT2D eigenvalue weighted by Gasteiger charge is 2.31. The van der Waals surface area contributed by atoms with Gasteiger partial charge in [-0.25, -0.2) is 4.98 Å². The predicted octanol–water partition coefficient (Wildman–Crippen LogP) is 7.60. The summed E-state index contributed by atoms with van der Waals surface area (Å²) in [6, 6.07) is 9.61. The van der Waals surface area contributed by atoms with Crippen molar-refractivity contribution in [2.75, 3.05) is 0 Å². The fourth-order valence-corrected chi connectivity index (χ4v) is 5.63. The van der Waals surface area contributed by atoms with E-state index < -0.39 is 0 Å². The molecule has 1 aliphatic heterocycles. The Balaban J connectivity index is 1.24. The maximum absolute atomic E-state index is 4.71.